The molecule has 1 aliphatic heterocycles. The standard InChI is InChI=1S/C17H26N2O4.ClH/c1-19(11-13-4-5-14(20)15(10-13)23-3)16(21)17(12-22-2)6-8-18-9-7-17;/h4-5,10,18,20H,6-9,11-12H2,1-3H3;1H. The van der Waals surface area contributed by atoms with Crippen LogP contribution in [0.1, 0.15) is 18.4 Å². The third-order valence-electron chi connectivity index (χ3n) is 4.45. The Hall–Kier alpha value is -1.50. The van der Waals surface area contributed by atoms with Crippen LogP contribution in [0, 0.1) is 5.41 Å². The van der Waals surface area contributed by atoms with Crippen LogP contribution in [0.15, 0.2) is 18.2 Å². The lowest BCUT2D eigenvalue weighted by Gasteiger charge is -2.38. The molecule has 24 heavy (non-hydrogen) atoms. The number of hydrogen-bond acceptors (Lipinski definition) is 5. The first-order valence-electron chi connectivity index (χ1n) is 7.83. The van der Waals surface area contributed by atoms with E-state index >= 15 is 0 Å². The van der Waals surface area contributed by atoms with Crippen LogP contribution in [0.4, 0.5) is 0 Å². The first kappa shape index (κ1) is 20.5. The van der Waals surface area contributed by atoms with Gasteiger partial charge in [0, 0.05) is 20.7 Å². The number of amides is 1. The number of carbonyl (C=O) groups excluding carboxylic acids is 1. The number of halogens is 1. The van der Waals surface area contributed by atoms with Gasteiger partial charge in [-0.15, -0.1) is 12.4 Å². The van der Waals surface area contributed by atoms with Gasteiger partial charge in [-0.2, -0.15) is 0 Å². The molecule has 0 unspecified atom stereocenters. The SMILES string of the molecule is COCC1(C(=O)N(C)Cc2ccc(O)c(OC)c2)CCNCC1.Cl. The summed E-state index contributed by atoms with van der Waals surface area (Å²) in [6.07, 6.45) is 1.56. The Morgan fingerprint density at radius 3 is 2.58 bits per heavy atom. The van der Waals surface area contributed by atoms with Gasteiger partial charge in [0.2, 0.25) is 5.91 Å². The van der Waals surface area contributed by atoms with E-state index in [0.29, 0.717) is 18.9 Å². The summed E-state index contributed by atoms with van der Waals surface area (Å²) in [6, 6.07) is 5.14. The van der Waals surface area contributed by atoms with Gasteiger partial charge in [-0.1, -0.05) is 6.07 Å². The number of rotatable bonds is 6. The number of piperidine rings is 1. The fourth-order valence-electron chi connectivity index (χ4n) is 3.17. The van der Waals surface area contributed by atoms with Gasteiger partial charge in [-0.05, 0) is 43.6 Å². The number of carbonyl (C=O) groups is 1. The van der Waals surface area contributed by atoms with Crippen LogP contribution in [0.2, 0.25) is 0 Å². The van der Waals surface area contributed by atoms with Gasteiger partial charge in [0.15, 0.2) is 11.5 Å². The summed E-state index contributed by atoms with van der Waals surface area (Å²) in [4.78, 5) is 14.7. The molecule has 1 saturated heterocycles. The van der Waals surface area contributed by atoms with Crippen LogP contribution < -0.4 is 10.1 Å². The highest BCUT2D eigenvalue weighted by atomic mass is 35.5. The Labute approximate surface area is 149 Å². The quantitative estimate of drug-likeness (QED) is 0.811. The number of phenols is 1. The van der Waals surface area contributed by atoms with Gasteiger partial charge in [0.05, 0.1) is 19.1 Å². The van der Waals surface area contributed by atoms with Gasteiger partial charge in [0.25, 0.3) is 0 Å². The maximum atomic E-state index is 13.0. The molecule has 7 heteroatoms. The number of hydrogen-bond donors (Lipinski definition) is 2. The summed E-state index contributed by atoms with van der Waals surface area (Å²) >= 11 is 0. The zero-order chi connectivity index (χ0) is 16.9. The zero-order valence-corrected chi connectivity index (χ0v) is 15.3. The Morgan fingerprint density at radius 1 is 1.33 bits per heavy atom. The third-order valence-corrected chi connectivity index (χ3v) is 4.45. The lowest BCUT2D eigenvalue weighted by Crippen LogP contribution is -2.50. The molecule has 2 rings (SSSR count). The van der Waals surface area contributed by atoms with Crippen molar-refractivity contribution in [2.24, 2.45) is 5.41 Å². The maximum absolute atomic E-state index is 13.0. The van der Waals surface area contributed by atoms with E-state index in [4.69, 9.17) is 9.47 Å². The normalized spacial score (nSPS) is 16.1. The van der Waals surface area contributed by atoms with Crippen molar-refractivity contribution >= 4 is 18.3 Å². The molecular formula is C17H27ClN2O4. The van der Waals surface area contributed by atoms with Crippen LogP contribution in [0.25, 0.3) is 0 Å². The number of nitrogens with one attached hydrogen (secondary N) is 1. The molecule has 6 nitrogen and oxygen atoms in total. The predicted molar refractivity (Wildman–Crippen MR) is 94.8 cm³/mol. The molecule has 0 radical (unpaired) electrons. The number of nitrogens with zero attached hydrogens (tertiary/aromatic N) is 1. The minimum atomic E-state index is -0.449. The van der Waals surface area contributed by atoms with E-state index in [1.54, 1.807) is 37.3 Å². The van der Waals surface area contributed by atoms with Crippen LogP contribution in [-0.2, 0) is 16.1 Å². The van der Waals surface area contributed by atoms with Crippen LogP contribution in [-0.4, -0.2) is 56.9 Å². The van der Waals surface area contributed by atoms with E-state index in [-0.39, 0.29) is 24.1 Å². The molecule has 0 bridgehead atoms. The molecular weight excluding hydrogens is 332 g/mol. The van der Waals surface area contributed by atoms with Crippen LogP contribution in [0.3, 0.4) is 0 Å². The lowest BCUT2D eigenvalue weighted by atomic mass is 9.78. The summed E-state index contributed by atoms with van der Waals surface area (Å²) in [5.74, 6) is 0.615. The number of benzene rings is 1. The van der Waals surface area contributed by atoms with Crippen molar-refractivity contribution in [2.75, 3.05) is 41.0 Å². The molecule has 0 aliphatic carbocycles. The van der Waals surface area contributed by atoms with Crippen molar-refractivity contribution in [3.63, 3.8) is 0 Å². The molecule has 0 atom stereocenters. The average Bonchev–Trinajstić information content (AvgIpc) is 2.57. The smallest absolute Gasteiger partial charge is 0.231 e. The van der Waals surface area contributed by atoms with Gasteiger partial charge < -0.3 is 24.8 Å². The first-order chi connectivity index (χ1) is 11.0. The molecule has 136 valence electrons. The number of ether oxygens (including phenoxy) is 2. The summed E-state index contributed by atoms with van der Waals surface area (Å²) in [7, 11) is 4.96. The number of methoxy groups -OCH3 is 2. The van der Waals surface area contributed by atoms with Crippen molar-refractivity contribution in [1.29, 1.82) is 0 Å². The molecule has 1 aromatic rings. The van der Waals surface area contributed by atoms with Gasteiger partial charge >= 0.3 is 0 Å². The molecule has 2 N–H and O–H groups in total. The van der Waals surface area contributed by atoms with Gasteiger partial charge in [-0.3, -0.25) is 4.79 Å². The maximum Gasteiger partial charge on any atom is 0.231 e. The summed E-state index contributed by atoms with van der Waals surface area (Å²) < 4.78 is 10.5. The lowest BCUT2D eigenvalue weighted by molar-refractivity contribution is -0.146. The van der Waals surface area contributed by atoms with Crippen molar-refractivity contribution in [3.05, 3.63) is 23.8 Å². The Balaban J connectivity index is 0.00000288. The molecule has 1 aromatic carbocycles. The molecule has 0 aromatic heterocycles. The summed E-state index contributed by atoms with van der Waals surface area (Å²) in [6.45, 7) is 2.57. The third kappa shape index (κ3) is 4.53. The molecule has 0 spiro atoms. The molecule has 1 fully saturated rings. The minimum absolute atomic E-state index is 0. The highest BCUT2D eigenvalue weighted by Crippen LogP contribution is 2.32. The van der Waals surface area contributed by atoms with E-state index in [9.17, 15) is 9.90 Å². The Morgan fingerprint density at radius 2 is 2.00 bits per heavy atom. The topological polar surface area (TPSA) is 71.0 Å². The Bertz CT molecular complexity index is 542. The second kappa shape index (κ2) is 9.11. The van der Waals surface area contributed by atoms with E-state index in [0.717, 1.165) is 31.5 Å². The second-order valence-electron chi connectivity index (χ2n) is 6.13. The summed E-state index contributed by atoms with van der Waals surface area (Å²) in [5, 5.41) is 13.0. The van der Waals surface area contributed by atoms with E-state index in [1.807, 2.05) is 0 Å². The average molecular weight is 359 g/mol. The van der Waals surface area contributed by atoms with Crippen molar-refractivity contribution in [2.45, 2.75) is 19.4 Å². The van der Waals surface area contributed by atoms with E-state index < -0.39 is 5.41 Å². The highest BCUT2D eigenvalue weighted by Gasteiger charge is 2.41. The van der Waals surface area contributed by atoms with E-state index in [1.165, 1.54) is 7.11 Å². The number of phenolic OH excluding ortho intramolecular Hbond substituents is 1. The van der Waals surface area contributed by atoms with Gasteiger partial charge in [0.1, 0.15) is 0 Å². The second-order valence-corrected chi connectivity index (χ2v) is 6.13. The van der Waals surface area contributed by atoms with Crippen molar-refractivity contribution < 1.29 is 19.4 Å². The first-order valence-corrected chi connectivity index (χ1v) is 7.83. The summed E-state index contributed by atoms with van der Waals surface area (Å²) in [5.41, 5.74) is 0.465. The fourth-order valence-corrected chi connectivity index (χ4v) is 3.17. The van der Waals surface area contributed by atoms with Gasteiger partial charge in [-0.25, -0.2) is 0 Å². The monoisotopic (exact) mass is 358 g/mol. The predicted octanol–water partition coefficient (Wildman–Crippen LogP) is 1.80. The van der Waals surface area contributed by atoms with Crippen molar-refractivity contribution in [3.8, 4) is 11.5 Å². The largest absolute Gasteiger partial charge is 0.504 e. The number of aromatic hydroxyl groups is 1. The van der Waals surface area contributed by atoms with Crippen LogP contribution >= 0.6 is 12.4 Å². The molecule has 1 heterocycles. The van der Waals surface area contributed by atoms with Crippen molar-refractivity contribution in [1.82, 2.24) is 10.2 Å². The highest BCUT2D eigenvalue weighted by molar-refractivity contribution is 5.85. The molecule has 0 saturated carbocycles. The van der Waals surface area contributed by atoms with Crippen LogP contribution in [0.5, 0.6) is 11.5 Å². The Kier molecular flexibility index (Phi) is 7.79. The molecule has 1 amide bonds. The molecule has 1 aliphatic rings. The fraction of sp³-hybridized carbons (Fsp3) is 0.588. The van der Waals surface area contributed by atoms with E-state index in [2.05, 4.69) is 5.32 Å². The zero-order valence-electron chi connectivity index (χ0n) is 14.5. The minimum Gasteiger partial charge on any atom is -0.504 e.